The van der Waals surface area contributed by atoms with Crippen LogP contribution in [-0.4, -0.2) is 32.4 Å². The number of piperidine rings is 1. The van der Waals surface area contributed by atoms with Crippen LogP contribution in [0.4, 0.5) is 0 Å². The van der Waals surface area contributed by atoms with Gasteiger partial charge in [0.25, 0.3) is 0 Å². The van der Waals surface area contributed by atoms with Crippen molar-refractivity contribution in [3.63, 3.8) is 0 Å². The second-order valence-corrected chi connectivity index (χ2v) is 7.45. The first-order valence-corrected chi connectivity index (χ1v) is 9.36. The summed E-state index contributed by atoms with van der Waals surface area (Å²) in [6, 6.07) is 5.84. The van der Waals surface area contributed by atoms with Crippen molar-refractivity contribution in [2.24, 2.45) is 0 Å². The van der Waals surface area contributed by atoms with Gasteiger partial charge in [-0.2, -0.15) is 4.31 Å². The van der Waals surface area contributed by atoms with E-state index in [1.54, 1.807) is 4.31 Å². The lowest BCUT2D eigenvalue weighted by atomic mass is 10.1. The molecule has 0 spiro atoms. The van der Waals surface area contributed by atoms with Crippen molar-refractivity contribution in [3.05, 3.63) is 29.3 Å². The van der Waals surface area contributed by atoms with E-state index < -0.39 is 10.0 Å². The molecule has 0 unspecified atom stereocenters. The average molecular weight is 310 g/mol. The molecule has 0 radical (unpaired) electrons. The van der Waals surface area contributed by atoms with Gasteiger partial charge in [0.15, 0.2) is 0 Å². The fourth-order valence-corrected chi connectivity index (χ4v) is 4.62. The van der Waals surface area contributed by atoms with Gasteiger partial charge in [0.05, 0.1) is 4.90 Å². The van der Waals surface area contributed by atoms with Gasteiger partial charge >= 0.3 is 0 Å². The molecular formula is C16H26N2O2S. The highest BCUT2D eigenvalue weighted by Crippen LogP contribution is 2.25. The van der Waals surface area contributed by atoms with E-state index in [0.717, 1.165) is 43.4 Å². The largest absolute Gasteiger partial charge is 0.313 e. The molecule has 0 amide bonds. The minimum Gasteiger partial charge on any atom is -0.313 e. The smallest absolute Gasteiger partial charge is 0.243 e. The third kappa shape index (κ3) is 3.84. The predicted molar refractivity (Wildman–Crippen MR) is 85.8 cm³/mol. The first-order chi connectivity index (χ1) is 10.1. The number of sulfonamides is 1. The van der Waals surface area contributed by atoms with Gasteiger partial charge in [-0.25, -0.2) is 8.42 Å². The summed E-state index contributed by atoms with van der Waals surface area (Å²) in [6.45, 7) is 6.96. The van der Waals surface area contributed by atoms with Crippen molar-refractivity contribution in [2.45, 2.75) is 51.0 Å². The second kappa shape index (κ2) is 7.38. The Labute approximate surface area is 128 Å². The first-order valence-electron chi connectivity index (χ1n) is 7.92. The molecule has 0 atom stereocenters. The molecule has 1 aliphatic heterocycles. The van der Waals surface area contributed by atoms with Gasteiger partial charge in [-0.1, -0.05) is 32.4 Å². The molecule has 118 valence electrons. The molecule has 0 bridgehead atoms. The maximum Gasteiger partial charge on any atom is 0.243 e. The fraction of sp³-hybridized carbons (Fsp3) is 0.625. The average Bonchev–Trinajstić information content (AvgIpc) is 2.53. The number of hydrogen-bond donors (Lipinski definition) is 1. The van der Waals surface area contributed by atoms with Gasteiger partial charge < -0.3 is 5.32 Å². The molecule has 0 saturated carbocycles. The molecular weight excluding hydrogens is 284 g/mol. The monoisotopic (exact) mass is 310 g/mol. The van der Waals surface area contributed by atoms with Crippen LogP contribution < -0.4 is 5.32 Å². The molecule has 1 aromatic carbocycles. The third-order valence-electron chi connectivity index (χ3n) is 4.02. The molecule has 1 heterocycles. The van der Waals surface area contributed by atoms with Crippen molar-refractivity contribution in [3.8, 4) is 0 Å². The fourth-order valence-electron chi connectivity index (χ4n) is 2.75. The summed E-state index contributed by atoms with van der Waals surface area (Å²) in [5, 5.41) is 3.25. The number of rotatable bonds is 6. The maximum atomic E-state index is 12.9. The number of benzene rings is 1. The molecule has 0 aliphatic carbocycles. The number of aryl methyl sites for hydroxylation is 1. The summed E-state index contributed by atoms with van der Waals surface area (Å²) in [5.74, 6) is 0. The lowest BCUT2D eigenvalue weighted by molar-refractivity contribution is 0.346. The Hall–Kier alpha value is -0.910. The highest BCUT2D eigenvalue weighted by Gasteiger charge is 2.27. The molecule has 1 fully saturated rings. The molecule has 4 nitrogen and oxygen atoms in total. The molecule has 1 saturated heterocycles. The second-order valence-electron chi connectivity index (χ2n) is 5.54. The Kier molecular flexibility index (Phi) is 5.79. The van der Waals surface area contributed by atoms with E-state index in [1.165, 1.54) is 0 Å². The lowest BCUT2D eigenvalue weighted by Crippen LogP contribution is -2.36. The van der Waals surface area contributed by atoms with Crippen LogP contribution in [0.5, 0.6) is 0 Å². The van der Waals surface area contributed by atoms with E-state index in [4.69, 9.17) is 0 Å². The zero-order chi connectivity index (χ0) is 15.3. The molecule has 1 aromatic rings. The van der Waals surface area contributed by atoms with Crippen LogP contribution in [-0.2, 0) is 23.0 Å². The Balaban J connectivity index is 2.34. The van der Waals surface area contributed by atoms with Crippen LogP contribution in [0.15, 0.2) is 23.1 Å². The third-order valence-corrected chi connectivity index (χ3v) is 6.01. The van der Waals surface area contributed by atoms with Crippen LogP contribution in [0, 0.1) is 0 Å². The van der Waals surface area contributed by atoms with Crippen LogP contribution in [0.1, 0.15) is 44.2 Å². The molecule has 1 N–H and O–H groups in total. The quantitative estimate of drug-likeness (QED) is 0.878. The van der Waals surface area contributed by atoms with Gasteiger partial charge in [0.2, 0.25) is 10.0 Å². The molecule has 5 heteroatoms. The van der Waals surface area contributed by atoms with Gasteiger partial charge in [-0.15, -0.1) is 0 Å². The Morgan fingerprint density at radius 3 is 2.48 bits per heavy atom. The number of hydrogen-bond acceptors (Lipinski definition) is 3. The van der Waals surface area contributed by atoms with E-state index >= 15 is 0 Å². The van der Waals surface area contributed by atoms with Crippen molar-refractivity contribution < 1.29 is 8.42 Å². The number of nitrogens with zero attached hydrogens (tertiary/aromatic N) is 1. The van der Waals surface area contributed by atoms with Crippen LogP contribution in [0.25, 0.3) is 0 Å². The summed E-state index contributed by atoms with van der Waals surface area (Å²) >= 11 is 0. The van der Waals surface area contributed by atoms with Gasteiger partial charge in [0.1, 0.15) is 0 Å². The van der Waals surface area contributed by atoms with E-state index in [-0.39, 0.29) is 0 Å². The maximum absolute atomic E-state index is 12.9. The predicted octanol–water partition coefficient (Wildman–Crippen LogP) is 2.53. The molecule has 1 aliphatic rings. The topological polar surface area (TPSA) is 49.4 Å². The summed E-state index contributed by atoms with van der Waals surface area (Å²) in [7, 11) is -3.35. The SMILES string of the molecule is CCNCc1ccc(CC)c(S(=O)(=O)N2CCCCC2)c1. The van der Waals surface area contributed by atoms with Crippen LogP contribution in [0.3, 0.4) is 0 Å². The van der Waals surface area contributed by atoms with Crippen LogP contribution in [0.2, 0.25) is 0 Å². The standard InChI is InChI=1S/C16H26N2O2S/c1-3-15-9-8-14(13-17-4-2)12-16(15)21(19,20)18-10-6-5-7-11-18/h8-9,12,17H,3-7,10-11,13H2,1-2H3. The van der Waals surface area contributed by atoms with Crippen molar-refractivity contribution >= 4 is 10.0 Å². The Morgan fingerprint density at radius 2 is 1.86 bits per heavy atom. The minimum atomic E-state index is -3.35. The van der Waals surface area contributed by atoms with Crippen LogP contribution >= 0.6 is 0 Å². The van der Waals surface area contributed by atoms with E-state index in [9.17, 15) is 8.42 Å². The zero-order valence-electron chi connectivity index (χ0n) is 13.1. The number of nitrogens with one attached hydrogen (secondary N) is 1. The molecule has 2 rings (SSSR count). The summed E-state index contributed by atoms with van der Waals surface area (Å²) < 4.78 is 27.5. The highest BCUT2D eigenvalue weighted by molar-refractivity contribution is 7.89. The van der Waals surface area contributed by atoms with Crippen molar-refractivity contribution in [1.29, 1.82) is 0 Å². The van der Waals surface area contributed by atoms with Gasteiger partial charge in [-0.05, 0) is 43.0 Å². The van der Waals surface area contributed by atoms with Crippen molar-refractivity contribution in [2.75, 3.05) is 19.6 Å². The first kappa shape index (κ1) is 16.5. The van der Waals surface area contributed by atoms with Gasteiger partial charge in [-0.3, -0.25) is 0 Å². The van der Waals surface area contributed by atoms with Crippen molar-refractivity contribution in [1.82, 2.24) is 9.62 Å². The summed E-state index contributed by atoms with van der Waals surface area (Å²) in [4.78, 5) is 0.502. The van der Waals surface area contributed by atoms with E-state index in [1.807, 2.05) is 32.0 Å². The van der Waals surface area contributed by atoms with E-state index in [2.05, 4.69) is 5.32 Å². The summed E-state index contributed by atoms with van der Waals surface area (Å²) in [5.41, 5.74) is 1.95. The normalized spacial score (nSPS) is 17.0. The lowest BCUT2D eigenvalue weighted by Gasteiger charge is -2.27. The Morgan fingerprint density at radius 1 is 1.14 bits per heavy atom. The summed E-state index contributed by atoms with van der Waals surface area (Å²) in [6.07, 6.45) is 3.81. The Bertz CT molecular complexity index is 564. The zero-order valence-corrected chi connectivity index (χ0v) is 13.9. The minimum absolute atomic E-state index is 0.502. The molecule has 0 aromatic heterocycles. The van der Waals surface area contributed by atoms with E-state index in [0.29, 0.717) is 24.5 Å². The highest BCUT2D eigenvalue weighted by atomic mass is 32.2. The molecule has 21 heavy (non-hydrogen) atoms. The van der Waals surface area contributed by atoms with Gasteiger partial charge in [0, 0.05) is 19.6 Å².